The molecule has 0 bridgehead atoms. The van der Waals surface area contributed by atoms with Crippen LogP contribution in [0, 0.1) is 0 Å². The molecule has 1 unspecified atom stereocenters. The normalized spacial score (nSPS) is 18.8. The van der Waals surface area contributed by atoms with Gasteiger partial charge < -0.3 is 15.5 Å². The predicted molar refractivity (Wildman–Crippen MR) is 139 cm³/mol. The molecule has 4 rings (SSSR count). The number of carbonyl (C=O) groups excluding carboxylic acids is 1. The molecule has 2 aliphatic rings. The van der Waals surface area contributed by atoms with E-state index in [1.165, 1.54) is 11.3 Å². The van der Waals surface area contributed by atoms with Crippen molar-refractivity contribution in [1.82, 2.24) is 14.9 Å². The highest BCUT2D eigenvalue weighted by atomic mass is 35.5. The van der Waals surface area contributed by atoms with E-state index in [2.05, 4.69) is 21.8 Å². The summed E-state index contributed by atoms with van der Waals surface area (Å²) < 4.78 is 0. The van der Waals surface area contributed by atoms with Gasteiger partial charge in [-0.2, -0.15) is 0 Å². The van der Waals surface area contributed by atoms with E-state index in [1.54, 1.807) is 6.33 Å². The molecule has 0 spiro atoms. The molecule has 1 aliphatic carbocycles. The first-order valence-corrected chi connectivity index (χ1v) is 11.5. The molecule has 33 heavy (non-hydrogen) atoms. The molecule has 1 aromatic carbocycles. The van der Waals surface area contributed by atoms with Gasteiger partial charge >= 0.3 is 0 Å². The number of hydrogen-bond donors (Lipinski definition) is 1. The molecule has 0 saturated carbocycles. The first-order chi connectivity index (χ1) is 14.7. The summed E-state index contributed by atoms with van der Waals surface area (Å²) in [5.41, 5.74) is 9.32. The lowest BCUT2D eigenvalue weighted by molar-refractivity contribution is -0.133. The summed E-state index contributed by atoms with van der Waals surface area (Å²) in [5, 5.41) is 0.669. The molecule has 2 N–H and O–H groups in total. The fourth-order valence-electron chi connectivity index (χ4n) is 4.80. The third kappa shape index (κ3) is 6.30. The summed E-state index contributed by atoms with van der Waals surface area (Å²) in [5.74, 6) is 1.42. The van der Waals surface area contributed by atoms with Gasteiger partial charge in [-0.15, -0.1) is 24.8 Å². The van der Waals surface area contributed by atoms with Gasteiger partial charge in [0.2, 0.25) is 5.91 Å². The zero-order valence-corrected chi connectivity index (χ0v) is 21.8. The van der Waals surface area contributed by atoms with Gasteiger partial charge in [0.1, 0.15) is 12.1 Å². The van der Waals surface area contributed by atoms with Gasteiger partial charge in [-0.3, -0.25) is 4.79 Å². The van der Waals surface area contributed by atoms with Gasteiger partial charge in [0.25, 0.3) is 0 Å². The molecule has 2 heterocycles. The Bertz CT molecular complexity index is 940. The Labute approximate surface area is 214 Å². The van der Waals surface area contributed by atoms with Crippen molar-refractivity contribution in [3.63, 3.8) is 0 Å². The Hall–Kier alpha value is -1.60. The Morgan fingerprint density at radius 1 is 1.15 bits per heavy atom. The smallest absolute Gasteiger partial charge is 0.230 e. The van der Waals surface area contributed by atoms with Crippen molar-refractivity contribution >= 4 is 48.1 Å². The van der Waals surface area contributed by atoms with Crippen molar-refractivity contribution in [2.75, 3.05) is 31.1 Å². The largest absolute Gasteiger partial charge is 0.353 e. The zero-order valence-electron chi connectivity index (χ0n) is 19.5. The number of anilines is 1. The number of halogens is 3. The van der Waals surface area contributed by atoms with Crippen LogP contribution in [0.25, 0.3) is 0 Å². The van der Waals surface area contributed by atoms with Crippen LogP contribution in [-0.2, 0) is 11.2 Å². The molecule has 6 nitrogen and oxygen atoms in total. The first-order valence-electron chi connectivity index (χ1n) is 11.1. The lowest BCUT2D eigenvalue weighted by Gasteiger charge is -2.38. The number of piperazine rings is 1. The first kappa shape index (κ1) is 27.6. The van der Waals surface area contributed by atoms with Crippen LogP contribution in [-0.4, -0.2) is 52.5 Å². The maximum atomic E-state index is 13.5. The number of benzene rings is 1. The second-order valence-electron chi connectivity index (χ2n) is 9.61. The molecule has 0 radical (unpaired) electrons. The van der Waals surface area contributed by atoms with E-state index in [9.17, 15) is 4.79 Å². The summed E-state index contributed by atoms with van der Waals surface area (Å²) >= 11 is 6.07. The number of aryl methyl sites for hydroxylation is 1. The summed E-state index contributed by atoms with van der Waals surface area (Å²) in [4.78, 5) is 26.9. The predicted octanol–water partition coefficient (Wildman–Crippen LogP) is 4.58. The van der Waals surface area contributed by atoms with E-state index in [0.29, 0.717) is 30.5 Å². The van der Waals surface area contributed by atoms with E-state index in [-0.39, 0.29) is 36.6 Å². The maximum absolute atomic E-state index is 13.5. The van der Waals surface area contributed by atoms with E-state index < -0.39 is 5.54 Å². The van der Waals surface area contributed by atoms with Gasteiger partial charge in [-0.25, -0.2) is 9.97 Å². The number of hydrogen-bond acceptors (Lipinski definition) is 5. The Morgan fingerprint density at radius 2 is 1.79 bits per heavy atom. The molecule has 1 amide bonds. The Balaban J connectivity index is 0.00000193. The monoisotopic (exact) mass is 513 g/mol. The molecule has 1 fully saturated rings. The van der Waals surface area contributed by atoms with Gasteiger partial charge in [0, 0.05) is 48.0 Å². The highest BCUT2D eigenvalue weighted by Crippen LogP contribution is 2.37. The van der Waals surface area contributed by atoms with Gasteiger partial charge in [0.05, 0.1) is 5.92 Å². The number of nitrogens with zero attached hydrogens (tertiary/aromatic N) is 4. The minimum absolute atomic E-state index is 0. The Kier molecular flexibility index (Phi) is 9.40. The third-order valence-corrected chi connectivity index (χ3v) is 6.70. The van der Waals surface area contributed by atoms with E-state index in [1.807, 2.05) is 43.0 Å². The maximum Gasteiger partial charge on any atom is 0.230 e. The van der Waals surface area contributed by atoms with Crippen LogP contribution in [0.2, 0.25) is 5.02 Å². The fourth-order valence-corrected chi connectivity index (χ4v) is 4.93. The number of rotatable bonds is 5. The number of fused-ring (bicyclic) bond motifs is 1. The number of aromatic nitrogens is 2. The van der Waals surface area contributed by atoms with Crippen molar-refractivity contribution in [2.45, 2.75) is 57.4 Å². The number of amides is 1. The SMILES string of the molecule is C[C@@H]1CCc2ncnc(N3CCN(C(=O)C(CC(C)(C)N)c4ccc(Cl)cc4)CC3)c21.Cl.Cl. The molecule has 9 heteroatoms. The van der Waals surface area contributed by atoms with Gasteiger partial charge in [-0.05, 0) is 56.7 Å². The lowest BCUT2D eigenvalue weighted by Crippen LogP contribution is -2.51. The highest BCUT2D eigenvalue weighted by Gasteiger charge is 2.33. The summed E-state index contributed by atoms with van der Waals surface area (Å²) in [6.07, 6.45) is 4.44. The van der Waals surface area contributed by atoms with Crippen LogP contribution in [0.15, 0.2) is 30.6 Å². The van der Waals surface area contributed by atoms with E-state index in [4.69, 9.17) is 17.3 Å². The average molecular weight is 515 g/mol. The summed E-state index contributed by atoms with van der Waals surface area (Å²) in [6, 6.07) is 7.57. The molecule has 1 saturated heterocycles. The molecule has 182 valence electrons. The quantitative estimate of drug-likeness (QED) is 0.632. The minimum atomic E-state index is -0.445. The molecular formula is C24H34Cl3N5O. The number of carbonyl (C=O) groups is 1. The zero-order chi connectivity index (χ0) is 22.2. The van der Waals surface area contributed by atoms with Crippen LogP contribution in [0.1, 0.15) is 62.3 Å². The van der Waals surface area contributed by atoms with Crippen molar-refractivity contribution in [2.24, 2.45) is 5.73 Å². The summed E-state index contributed by atoms with van der Waals surface area (Å²) in [7, 11) is 0. The van der Waals surface area contributed by atoms with Crippen LogP contribution in [0.4, 0.5) is 5.82 Å². The molecular weight excluding hydrogens is 481 g/mol. The highest BCUT2D eigenvalue weighted by molar-refractivity contribution is 6.30. The van der Waals surface area contributed by atoms with Gasteiger partial charge in [0.15, 0.2) is 0 Å². The van der Waals surface area contributed by atoms with Crippen LogP contribution >= 0.6 is 36.4 Å². The second kappa shape index (κ2) is 11.2. The van der Waals surface area contributed by atoms with Crippen LogP contribution in [0.5, 0.6) is 0 Å². The van der Waals surface area contributed by atoms with Crippen molar-refractivity contribution in [1.29, 1.82) is 0 Å². The van der Waals surface area contributed by atoms with Crippen LogP contribution in [0.3, 0.4) is 0 Å². The van der Waals surface area contributed by atoms with E-state index >= 15 is 0 Å². The molecule has 2 aromatic rings. The second-order valence-corrected chi connectivity index (χ2v) is 10.0. The number of nitrogens with two attached hydrogens (primary N) is 1. The Morgan fingerprint density at radius 3 is 2.39 bits per heavy atom. The standard InChI is InChI=1S/C24H32ClN5O.2ClH/c1-16-4-9-20-21(16)22(28-15-27-20)29-10-12-30(13-11-29)23(31)19(14-24(2,3)26)17-5-7-18(25)8-6-17;;/h5-8,15-16,19H,4,9-14,26H2,1-3H3;2*1H/t16-,19?;;/m1../s1. The fraction of sp³-hybridized carbons (Fsp3) is 0.542. The minimum Gasteiger partial charge on any atom is -0.353 e. The van der Waals surface area contributed by atoms with E-state index in [0.717, 1.165) is 37.3 Å². The van der Waals surface area contributed by atoms with Crippen LogP contribution < -0.4 is 10.6 Å². The molecule has 1 aromatic heterocycles. The lowest BCUT2D eigenvalue weighted by atomic mass is 9.85. The van der Waals surface area contributed by atoms with Gasteiger partial charge in [-0.1, -0.05) is 30.7 Å². The van der Waals surface area contributed by atoms with Crippen molar-refractivity contribution in [3.05, 3.63) is 52.4 Å². The third-order valence-electron chi connectivity index (χ3n) is 6.44. The van der Waals surface area contributed by atoms with Crippen molar-refractivity contribution in [3.8, 4) is 0 Å². The molecule has 1 aliphatic heterocycles. The van der Waals surface area contributed by atoms with Crippen molar-refractivity contribution < 1.29 is 4.79 Å². The topological polar surface area (TPSA) is 75.4 Å². The molecule has 2 atom stereocenters. The average Bonchev–Trinajstić information content (AvgIpc) is 3.13. The summed E-state index contributed by atoms with van der Waals surface area (Å²) in [6.45, 7) is 9.12.